The number of hydrogen-bond acceptors (Lipinski definition) is 2. The summed E-state index contributed by atoms with van der Waals surface area (Å²) in [7, 11) is 0. The van der Waals surface area contributed by atoms with Gasteiger partial charge in [-0.25, -0.2) is 0 Å². The molecule has 0 fully saturated rings. The number of benzene rings is 1. The van der Waals surface area contributed by atoms with Crippen LogP contribution in [-0.4, -0.2) is 6.54 Å². The van der Waals surface area contributed by atoms with E-state index in [9.17, 15) is 0 Å². The predicted octanol–water partition coefficient (Wildman–Crippen LogP) is 4.51. The van der Waals surface area contributed by atoms with Crippen LogP contribution in [0.1, 0.15) is 40.8 Å². The van der Waals surface area contributed by atoms with Gasteiger partial charge >= 0.3 is 0 Å². The van der Waals surface area contributed by atoms with E-state index in [4.69, 9.17) is 0 Å². The van der Waals surface area contributed by atoms with Crippen molar-refractivity contribution in [3.63, 3.8) is 0 Å². The molecule has 0 bridgehead atoms. The molecule has 102 valence electrons. The zero-order valence-electron chi connectivity index (χ0n) is 12.1. The fourth-order valence-electron chi connectivity index (χ4n) is 2.23. The Labute approximate surface area is 120 Å². The third kappa shape index (κ3) is 3.92. The normalized spacial score (nSPS) is 12.6. The number of thiophene rings is 1. The Kier molecular flexibility index (Phi) is 5.17. The molecular formula is C17H23NS. The lowest BCUT2D eigenvalue weighted by atomic mass is 10.1. The Balaban J connectivity index is 1.84. The molecule has 1 aromatic carbocycles. The summed E-state index contributed by atoms with van der Waals surface area (Å²) in [6, 6.07) is 13.6. The van der Waals surface area contributed by atoms with Crippen molar-refractivity contribution < 1.29 is 0 Å². The van der Waals surface area contributed by atoms with Crippen molar-refractivity contribution in [2.75, 3.05) is 6.54 Å². The SMILES string of the molecule is CCc1ccc(C(C)NCCc2ccccc2C)s1. The molecule has 0 spiro atoms. The minimum absolute atomic E-state index is 0.453. The van der Waals surface area contributed by atoms with E-state index in [1.54, 1.807) is 0 Å². The van der Waals surface area contributed by atoms with Crippen LogP contribution < -0.4 is 5.32 Å². The summed E-state index contributed by atoms with van der Waals surface area (Å²) in [5.41, 5.74) is 2.84. The van der Waals surface area contributed by atoms with Crippen molar-refractivity contribution in [2.45, 2.75) is 39.7 Å². The third-order valence-corrected chi connectivity index (χ3v) is 4.98. The first-order chi connectivity index (χ1) is 9.20. The van der Waals surface area contributed by atoms with Crippen LogP contribution in [0.4, 0.5) is 0 Å². The van der Waals surface area contributed by atoms with Crippen molar-refractivity contribution in [1.29, 1.82) is 0 Å². The predicted molar refractivity (Wildman–Crippen MR) is 85.0 cm³/mol. The Bertz CT molecular complexity index is 515. The van der Waals surface area contributed by atoms with Crippen LogP contribution in [0.5, 0.6) is 0 Å². The molecule has 19 heavy (non-hydrogen) atoms. The lowest BCUT2D eigenvalue weighted by Gasteiger charge is -2.13. The van der Waals surface area contributed by atoms with Gasteiger partial charge in [0.25, 0.3) is 0 Å². The van der Waals surface area contributed by atoms with E-state index in [1.165, 1.54) is 20.9 Å². The number of hydrogen-bond donors (Lipinski definition) is 1. The Hall–Kier alpha value is -1.12. The summed E-state index contributed by atoms with van der Waals surface area (Å²) < 4.78 is 0. The van der Waals surface area contributed by atoms with Gasteiger partial charge in [0.1, 0.15) is 0 Å². The maximum Gasteiger partial charge on any atom is 0.0386 e. The summed E-state index contributed by atoms with van der Waals surface area (Å²) in [5.74, 6) is 0. The van der Waals surface area contributed by atoms with E-state index in [2.05, 4.69) is 62.5 Å². The molecule has 1 nitrogen and oxygen atoms in total. The van der Waals surface area contributed by atoms with Crippen LogP contribution in [-0.2, 0) is 12.8 Å². The molecule has 1 atom stereocenters. The third-order valence-electron chi connectivity index (χ3n) is 3.56. The Morgan fingerprint density at radius 1 is 1.16 bits per heavy atom. The molecule has 2 aromatic rings. The van der Waals surface area contributed by atoms with Crippen molar-refractivity contribution in [1.82, 2.24) is 5.32 Å². The lowest BCUT2D eigenvalue weighted by Crippen LogP contribution is -2.20. The van der Waals surface area contributed by atoms with Crippen molar-refractivity contribution in [3.8, 4) is 0 Å². The van der Waals surface area contributed by atoms with Crippen molar-refractivity contribution in [3.05, 3.63) is 57.3 Å². The Morgan fingerprint density at radius 2 is 1.95 bits per heavy atom. The van der Waals surface area contributed by atoms with Gasteiger partial charge in [-0.15, -0.1) is 11.3 Å². The zero-order chi connectivity index (χ0) is 13.7. The molecule has 1 aromatic heterocycles. The highest BCUT2D eigenvalue weighted by Gasteiger charge is 2.07. The molecule has 0 aliphatic rings. The van der Waals surface area contributed by atoms with E-state index in [-0.39, 0.29) is 0 Å². The van der Waals surface area contributed by atoms with Gasteiger partial charge in [0.2, 0.25) is 0 Å². The molecular weight excluding hydrogens is 250 g/mol. The van der Waals surface area contributed by atoms with E-state index in [0.29, 0.717) is 6.04 Å². The second-order valence-corrected chi connectivity index (χ2v) is 6.21. The van der Waals surface area contributed by atoms with Crippen LogP contribution in [0, 0.1) is 6.92 Å². The topological polar surface area (TPSA) is 12.0 Å². The largest absolute Gasteiger partial charge is 0.309 e. The molecule has 1 heterocycles. The van der Waals surface area contributed by atoms with E-state index in [1.807, 2.05) is 11.3 Å². The zero-order valence-corrected chi connectivity index (χ0v) is 12.9. The van der Waals surface area contributed by atoms with Crippen LogP contribution in [0.3, 0.4) is 0 Å². The van der Waals surface area contributed by atoms with Gasteiger partial charge in [0.05, 0.1) is 0 Å². The van der Waals surface area contributed by atoms with Crippen LogP contribution in [0.2, 0.25) is 0 Å². The summed E-state index contributed by atoms with van der Waals surface area (Å²) >= 11 is 1.93. The first-order valence-electron chi connectivity index (χ1n) is 7.07. The molecule has 2 rings (SSSR count). The molecule has 1 unspecified atom stereocenters. The van der Waals surface area contributed by atoms with Crippen LogP contribution in [0.15, 0.2) is 36.4 Å². The molecule has 1 N–H and O–H groups in total. The van der Waals surface area contributed by atoms with Gasteiger partial charge in [-0.05, 0) is 56.5 Å². The van der Waals surface area contributed by atoms with Gasteiger partial charge in [-0.3, -0.25) is 0 Å². The first kappa shape index (κ1) is 14.3. The second-order valence-electron chi connectivity index (χ2n) is 5.01. The lowest BCUT2D eigenvalue weighted by molar-refractivity contribution is 0.584. The van der Waals surface area contributed by atoms with Gasteiger partial charge in [-0.1, -0.05) is 31.2 Å². The van der Waals surface area contributed by atoms with Crippen molar-refractivity contribution in [2.24, 2.45) is 0 Å². The summed E-state index contributed by atoms with van der Waals surface area (Å²) in [4.78, 5) is 2.92. The molecule has 2 heteroatoms. The highest BCUT2D eigenvalue weighted by molar-refractivity contribution is 7.12. The minimum atomic E-state index is 0.453. The van der Waals surface area contributed by atoms with Crippen molar-refractivity contribution >= 4 is 11.3 Å². The highest BCUT2D eigenvalue weighted by Crippen LogP contribution is 2.23. The first-order valence-corrected chi connectivity index (χ1v) is 7.89. The second kappa shape index (κ2) is 6.88. The molecule has 0 radical (unpaired) electrons. The summed E-state index contributed by atoms with van der Waals surface area (Å²) in [5, 5.41) is 3.62. The highest BCUT2D eigenvalue weighted by atomic mass is 32.1. The van der Waals surface area contributed by atoms with E-state index in [0.717, 1.165) is 19.4 Å². The Morgan fingerprint density at radius 3 is 2.63 bits per heavy atom. The van der Waals surface area contributed by atoms with Crippen LogP contribution in [0.25, 0.3) is 0 Å². The fraction of sp³-hybridized carbons (Fsp3) is 0.412. The number of nitrogens with one attached hydrogen (secondary N) is 1. The number of aryl methyl sites for hydroxylation is 2. The summed E-state index contributed by atoms with van der Waals surface area (Å²) in [6.45, 7) is 7.69. The number of rotatable bonds is 6. The van der Waals surface area contributed by atoms with Gasteiger partial charge in [-0.2, -0.15) is 0 Å². The van der Waals surface area contributed by atoms with Gasteiger partial charge in [0, 0.05) is 15.8 Å². The average Bonchev–Trinajstić information content (AvgIpc) is 2.90. The van der Waals surface area contributed by atoms with Gasteiger partial charge in [0.15, 0.2) is 0 Å². The van der Waals surface area contributed by atoms with E-state index >= 15 is 0 Å². The van der Waals surface area contributed by atoms with E-state index < -0.39 is 0 Å². The standard InChI is InChI=1S/C17H23NS/c1-4-16-9-10-17(19-16)14(3)18-12-11-15-8-6-5-7-13(15)2/h5-10,14,18H,4,11-12H2,1-3H3. The maximum absolute atomic E-state index is 3.62. The monoisotopic (exact) mass is 273 g/mol. The summed E-state index contributed by atoms with van der Waals surface area (Å²) in [6.07, 6.45) is 2.24. The fourth-order valence-corrected chi connectivity index (χ4v) is 3.21. The smallest absolute Gasteiger partial charge is 0.0386 e. The van der Waals surface area contributed by atoms with Gasteiger partial charge < -0.3 is 5.32 Å². The quantitative estimate of drug-likeness (QED) is 0.816. The maximum atomic E-state index is 3.62. The molecule has 0 aliphatic heterocycles. The average molecular weight is 273 g/mol. The van der Waals surface area contributed by atoms with Crippen LogP contribution >= 0.6 is 11.3 Å². The molecule has 0 amide bonds. The molecule has 0 saturated carbocycles. The molecule has 0 saturated heterocycles. The molecule has 0 aliphatic carbocycles. The minimum Gasteiger partial charge on any atom is -0.309 e.